The molecule has 0 bridgehead atoms. The maximum Gasteiger partial charge on any atom is 0.144 e. The van der Waals surface area contributed by atoms with Gasteiger partial charge >= 0.3 is 0 Å². The highest BCUT2D eigenvalue weighted by atomic mass is 16.5. The van der Waals surface area contributed by atoms with E-state index in [0.717, 1.165) is 44.7 Å². The lowest BCUT2D eigenvalue weighted by Crippen LogP contribution is -2.12. The molecule has 8 heteroatoms. The molecule has 6 aromatic rings. The molecule has 6 rings (SSSR count). The Morgan fingerprint density at radius 1 is 0.595 bits per heavy atom. The van der Waals surface area contributed by atoms with Gasteiger partial charge in [0.2, 0.25) is 0 Å². The van der Waals surface area contributed by atoms with Gasteiger partial charge in [-0.1, -0.05) is 60.7 Å². The number of nitrogens with zero attached hydrogens (tertiary/aromatic N) is 4. The van der Waals surface area contributed by atoms with Gasteiger partial charge in [0.15, 0.2) is 0 Å². The van der Waals surface area contributed by atoms with E-state index in [1.165, 1.54) is 0 Å². The quantitative estimate of drug-likeness (QED) is 0.211. The molecule has 0 spiro atoms. The van der Waals surface area contributed by atoms with Crippen molar-refractivity contribution in [3.63, 3.8) is 0 Å². The van der Waals surface area contributed by atoms with Gasteiger partial charge in [0.1, 0.15) is 22.8 Å². The number of aliphatic hydroxyl groups is 2. The number of methoxy groups -OCH3 is 2. The van der Waals surface area contributed by atoms with Crippen LogP contribution < -0.4 is 9.47 Å². The number of aromatic nitrogens is 4. The summed E-state index contributed by atoms with van der Waals surface area (Å²) in [6.07, 6.45) is 8.80. The molecule has 0 aliphatic heterocycles. The molecule has 0 saturated heterocycles. The number of fused-ring (bicyclic) bond motifs is 2. The molecule has 4 aromatic heterocycles. The number of hydrogen-bond donors (Lipinski definition) is 2. The SMILES string of the molecule is COc1ccnc2c1ccn2C(CCO)c1ccccc1.COc1ccnc2c1ccn2C(CCO)c1ccccc1. The number of benzene rings is 2. The van der Waals surface area contributed by atoms with E-state index in [0.29, 0.717) is 12.8 Å². The molecular weight excluding hydrogens is 528 g/mol. The van der Waals surface area contributed by atoms with Crippen LogP contribution in [0.2, 0.25) is 0 Å². The van der Waals surface area contributed by atoms with Crippen LogP contribution in [0.5, 0.6) is 11.5 Å². The van der Waals surface area contributed by atoms with E-state index in [2.05, 4.69) is 43.4 Å². The van der Waals surface area contributed by atoms with E-state index in [9.17, 15) is 10.2 Å². The lowest BCUT2D eigenvalue weighted by molar-refractivity contribution is 0.269. The minimum Gasteiger partial charge on any atom is -0.496 e. The second kappa shape index (κ2) is 13.8. The Morgan fingerprint density at radius 3 is 1.36 bits per heavy atom. The van der Waals surface area contributed by atoms with Crippen molar-refractivity contribution in [1.82, 2.24) is 19.1 Å². The molecule has 8 nitrogen and oxygen atoms in total. The first-order valence-electron chi connectivity index (χ1n) is 14.0. The molecule has 0 aliphatic carbocycles. The molecule has 2 atom stereocenters. The van der Waals surface area contributed by atoms with Crippen molar-refractivity contribution in [2.75, 3.05) is 27.4 Å². The van der Waals surface area contributed by atoms with E-state index < -0.39 is 0 Å². The number of aliphatic hydroxyl groups excluding tert-OH is 2. The molecular formula is C34H36N4O4. The largest absolute Gasteiger partial charge is 0.496 e. The molecule has 0 fully saturated rings. The highest BCUT2D eigenvalue weighted by Gasteiger charge is 2.18. The Kier molecular flexibility index (Phi) is 9.48. The van der Waals surface area contributed by atoms with Crippen LogP contribution in [0.4, 0.5) is 0 Å². The third-order valence-corrected chi connectivity index (χ3v) is 7.44. The fourth-order valence-electron chi connectivity index (χ4n) is 5.45. The van der Waals surface area contributed by atoms with Crippen LogP contribution >= 0.6 is 0 Å². The van der Waals surface area contributed by atoms with Crippen molar-refractivity contribution in [2.45, 2.75) is 24.9 Å². The molecule has 2 N–H and O–H groups in total. The first kappa shape index (κ1) is 28.9. The van der Waals surface area contributed by atoms with Gasteiger partial charge < -0.3 is 28.8 Å². The van der Waals surface area contributed by atoms with Crippen molar-refractivity contribution < 1.29 is 19.7 Å². The van der Waals surface area contributed by atoms with Crippen LogP contribution in [0.1, 0.15) is 36.1 Å². The number of hydrogen-bond acceptors (Lipinski definition) is 6. The zero-order valence-electron chi connectivity index (χ0n) is 23.9. The van der Waals surface area contributed by atoms with E-state index in [-0.39, 0.29) is 25.3 Å². The Balaban J connectivity index is 0.000000168. The minimum atomic E-state index is 0.0632. The maximum absolute atomic E-state index is 9.41. The topological polar surface area (TPSA) is 94.6 Å². The fourth-order valence-corrected chi connectivity index (χ4v) is 5.45. The Hall–Kier alpha value is -4.66. The number of ether oxygens (including phenoxy) is 2. The first-order valence-corrected chi connectivity index (χ1v) is 14.0. The Labute approximate surface area is 245 Å². The summed E-state index contributed by atoms with van der Waals surface area (Å²) in [7, 11) is 3.32. The van der Waals surface area contributed by atoms with Crippen LogP contribution in [0, 0.1) is 0 Å². The van der Waals surface area contributed by atoms with Gasteiger partial charge in [-0.25, -0.2) is 9.97 Å². The molecule has 216 valence electrons. The lowest BCUT2D eigenvalue weighted by Gasteiger charge is -2.19. The van der Waals surface area contributed by atoms with Gasteiger partial charge in [-0.05, 0) is 48.2 Å². The second-order valence-electron chi connectivity index (χ2n) is 9.82. The third-order valence-electron chi connectivity index (χ3n) is 7.44. The van der Waals surface area contributed by atoms with Crippen molar-refractivity contribution in [3.05, 3.63) is 121 Å². The molecule has 2 aromatic carbocycles. The average molecular weight is 565 g/mol. The van der Waals surface area contributed by atoms with E-state index in [1.807, 2.05) is 73.1 Å². The van der Waals surface area contributed by atoms with E-state index in [1.54, 1.807) is 26.6 Å². The highest BCUT2D eigenvalue weighted by molar-refractivity contribution is 5.84. The first-order chi connectivity index (χ1) is 20.7. The maximum atomic E-state index is 9.41. The normalized spacial score (nSPS) is 12.5. The van der Waals surface area contributed by atoms with Gasteiger partial charge in [0, 0.05) is 38.0 Å². The zero-order chi connectivity index (χ0) is 29.3. The molecule has 2 unspecified atom stereocenters. The molecule has 0 amide bonds. The van der Waals surface area contributed by atoms with E-state index in [4.69, 9.17) is 9.47 Å². The van der Waals surface area contributed by atoms with Crippen molar-refractivity contribution in [3.8, 4) is 11.5 Å². The average Bonchev–Trinajstić information content (AvgIpc) is 3.68. The van der Waals surface area contributed by atoms with Gasteiger partial charge in [-0.2, -0.15) is 0 Å². The Morgan fingerprint density at radius 2 is 1.00 bits per heavy atom. The summed E-state index contributed by atoms with van der Waals surface area (Å²) in [6.45, 7) is 0.256. The van der Waals surface area contributed by atoms with Gasteiger partial charge in [0.05, 0.1) is 37.1 Å². The summed E-state index contributed by atoms with van der Waals surface area (Å²) < 4.78 is 15.0. The second-order valence-corrected chi connectivity index (χ2v) is 9.82. The van der Waals surface area contributed by atoms with E-state index >= 15 is 0 Å². The summed E-state index contributed by atoms with van der Waals surface area (Å²) in [6, 6.07) is 28.2. The smallest absolute Gasteiger partial charge is 0.144 e. The lowest BCUT2D eigenvalue weighted by atomic mass is 10.0. The zero-order valence-corrected chi connectivity index (χ0v) is 23.9. The number of rotatable bonds is 10. The fraction of sp³-hybridized carbons (Fsp3) is 0.235. The van der Waals surface area contributed by atoms with Crippen LogP contribution in [0.15, 0.2) is 110 Å². The molecule has 42 heavy (non-hydrogen) atoms. The van der Waals surface area contributed by atoms with Crippen molar-refractivity contribution >= 4 is 22.1 Å². The van der Waals surface area contributed by atoms with Crippen LogP contribution in [0.3, 0.4) is 0 Å². The summed E-state index contributed by atoms with van der Waals surface area (Å²) in [5.41, 5.74) is 4.07. The standard InChI is InChI=1S/2C17H18N2O2/c2*1-21-16-7-10-18-17-14(16)8-11-19(17)15(9-12-20)13-5-3-2-4-6-13/h2*2-8,10-11,15,20H,9,12H2,1H3. The van der Waals surface area contributed by atoms with Gasteiger partial charge in [-0.3, -0.25) is 0 Å². The Bertz CT molecular complexity index is 1570. The van der Waals surface area contributed by atoms with Gasteiger partial charge in [-0.15, -0.1) is 0 Å². The molecule has 0 saturated carbocycles. The molecule has 0 aliphatic rings. The van der Waals surface area contributed by atoms with Crippen molar-refractivity contribution in [1.29, 1.82) is 0 Å². The van der Waals surface area contributed by atoms with Crippen LogP contribution in [0.25, 0.3) is 22.1 Å². The van der Waals surface area contributed by atoms with Crippen molar-refractivity contribution in [2.24, 2.45) is 0 Å². The minimum absolute atomic E-state index is 0.0632. The summed E-state index contributed by atoms with van der Waals surface area (Å²) in [5, 5.41) is 20.8. The summed E-state index contributed by atoms with van der Waals surface area (Å²) >= 11 is 0. The predicted octanol–water partition coefficient (Wildman–Crippen LogP) is 6.03. The predicted molar refractivity (Wildman–Crippen MR) is 165 cm³/mol. The third kappa shape index (κ3) is 6.00. The number of pyridine rings is 2. The molecule has 0 radical (unpaired) electrons. The summed E-state index contributed by atoms with van der Waals surface area (Å²) in [4.78, 5) is 8.96. The summed E-state index contributed by atoms with van der Waals surface area (Å²) in [5.74, 6) is 1.63. The highest BCUT2D eigenvalue weighted by Crippen LogP contribution is 2.32. The van der Waals surface area contributed by atoms with Gasteiger partial charge in [0.25, 0.3) is 0 Å². The van der Waals surface area contributed by atoms with Crippen LogP contribution in [-0.4, -0.2) is 56.7 Å². The molecule has 4 heterocycles. The monoisotopic (exact) mass is 564 g/mol. The van der Waals surface area contributed by atoms with Crippen LogP contribution in [-0.2, 0) is 0 Å².